The molecule has 0 saturated carbocycles. The lowest BCUT2D eigenvalue weighted by Gasteiger charge is -2.39. The summed E-state index contributed by atoms with van der Waals surface area (Å²) in [6.45, 7) is 1.69. The van der Waals surface area contributed by atoms with E-state index in [9.17, 15) is 9.59 Å². The summed E-state index contributed by atoms with van der Waals surface area (Å²) in [5.41, 5.74) is -0.141. The van der Waals surface area contributed by atoms with E-state index >= 15 is 0 Å². The number of nitrogens with one attached hydrogen (secondary N) is 1. The molecule has 1 aliphatic heterocycles. The number of hydrogen-bond acceptors (Lipinski definition) is 3. The Balaban J connectivity index is 2.40. The molecule has 2 rings (SSSR count). The molecule has 17 heavy (non-hydrogen) atoms. The maximum Gasteiger partial charge on any atom is 0.248 e. The first kappa shape index (κ1) is 12.2. The Labute approximate surface area is 106 Å². The average Bonchev–Trinajstić information content (AvgIpc) is 2.35. The minimum atomic E-state index is -1.07. The third kappa shape index (κ3) is 1.78. The van der Waals surface area contributed by atoms with Crippen molar-refractivity contribution in [3.8, 4) is 0 Å². The van der Waals surface area contributed by atoms with Crippen molar-refractivity contribution in [2.75, 3.05) is 7.05 Å². The zero-order valence-corrected chi connectivity index (χ0v) is 10.9. The van der Waals surface area contributed by atoms with E-state index in [0.717, 1.165) is 31.3 Å². The van der Waals surface area contributed by atoms with Crippen molar-refractivity contribution in [1.82, 2.24) is 10.2 Å². The lowest BCUT2D eigenvalue weighted by Crippen LogP contribution is -2.62. The number of carbonyl (C=O) groups excluding carboxylic acids is 2. The number of thiocarbonyl (C=S) groups is 1. The van der Waals surface area contributed by atoms with Crippen LogP contribution in [-0.2, 0) is 9.59 Å². The minimum Gasteiger partial charge on any atom is -0.301 e. The summed E-state index contributed by atoms with van der Waals surface area (Å²) in [4.78, 5) is 25.8. The molecule has 0 aromatic heterocycles. The highest BCUT2D eigenvalue weighted by Gasteiger charge is 2.50. The molecule has 1 aliphatic carbocycles. The molecule has 1 heterocycles. The van der Waals surface area contributed by atoms with Crippen molar-refractivity contribution in [1.29, 1.82) is 0 Å². The lowest BCUT2D eigenvalue weighted by atomic mass is 9.74. The number of amides is 2. The SMILES string of the molecule is CN1C(=O)[C@@](C)(C2=CCCCC2)C(=O)NC1=S. The Hall–Kier alpha value is -1.23. The van der Waals surface area contributed by atoms with Gasteiger partial charge < -0.3 is 5.32 Å². The second kappa shape index (κ2) is 4.22. The maximum atomic E-state index is 12.3. The van der Waals surface area contributed by atoms with E-state index in [1.807, 2.05) is 6.08 Å². The fraction of sp³-hybridized carbons (Fsp3) is 0.583. The van der Waals surface area contributed by atoms with Gasteiger partial charge in [-0.1, -0.05) is 6.08 Å². The fourth-order valence-corrected chi connectivity index (χ4v) is 2.58. The Morgan fingerprint density at radius 2 is 2.12 bits per heavy atom. The van der Waals surface area contributed by atoms with Crippen molar-refractivity contribution in [3.05, 3.63) is 11.6 Å². The summed E-state index contributed by atoms with van der Waals surface area (Å²) >= 11 is 4.94. The molecular formula is C12H16N2O2S. The van der Waals surface area contributed by atoms with Gasteiger partial charge in [0.1, 0.15) is 5.41 Å². The normalized spacial score (nSPS) is 30.1. The van der Waals surface area contributed by atoms with Gasteiger partial charge in [0.2, 0.25) is 11.8 Å². The molecule has 1 N–H and O–H groups in total. The van der Waals surface area contributed by atoms with Gasteiger partial charge in [0.05, 0.1) is 0 Å². The summed E-state index contributed by atoms with van der Waals surface area (Å²) in [6.07, 6.45) is 5.96. The number of allylic oxidation sites excluding steroid dienone is 1. The molecule has 1 fully saturated rings. The molecule has 92 valence electrons. The third-order valence-corrected chi connectivity index (χ3v) is 4.02. The van der Waals surface area contributed by atoms with Crippen LogP contribution in [0.5, 0.6) is 0 Å². The first-order valence-electron chi connectivity index (χ1n) is 5.81. The smallest absolute Gasteiger partial charge is 0.248 e. The molecule has 0 unspecified atom stereocenters. The molecule has 4 nitrogen and oxygen atoms in total. The Morgan fingerprint density at radius 3 is 2.71 bits per heavy atom. The predicted molar refractivity (Wildman–Crippen MR) is 68.2 cm³/mol. The van der Waals surface area contributed by atoms with Gasteiger partial charge in [0.15, 0.2) is 5.11 Å². The minimum absolute atomic E-state index is 0.189. The van der Waals surface area contributed by atoms with E-state index in [0.29, 0.717) is 0 Å². The highest BCUT2D eigenvalue weighted by molar-refractivity contribution is 7.80. The van der Waals surface area contributed by atoms with Crippen molar-refractivity contribution < 1.29 is 9.59 Å². The molecule has 0 aromatic rings. The van der Waals surface area contributed by atoms with Crippen LogP contribution in [0.4, 0.5) is 0 Å². The van der Waals surface area contributed by atoms with Crippen LogP contribution in [-0.4, -0.2) is 28.9 Å². The topological polar surface area (TPSA) is 49.4 Å². The van der Waals surface area contributed by atoms with Gasteiger partial charge in [-0.15, -0.1) is 0 Å². The third-order valence-electron chi connectivity index (χ3n) is 3.64. The van der Waals surface area contributed by atoms with Crippen LogP contribution in [0.15, 0.2) is 11.6 Å². The summed E-state index contributed by atoms with van der Waals surface area (Å²) in [5.74, 6) is -0.516. The largest absolute Gasteiger partial charge is 0.301 e. The monoisotopic (exact) mass is 252 g/mol. The molecule has 2 amide bonds. The van der Waals surface area contributed by atoms with Gasteiger partial charge in [-0.05, 0) is 50.4 Å². The summed E-state index contributed by atoms with van der Waals surface area (Å²) in [5, 5.41) is 2.79. The number of carbonyl (C=O) groups is 2. The number of rotatable bonds is 1. The molecule has 0 aromatic carbocycles. The van der Waals surface area contributed by atoms with E-state index in [2.05, 4.69) is 5.32 Å². The van der Waals surface area contributed by atoms with E-state index < -0.39 is 5.41 Å². The van der Waals surface area contributed by atoms with Crippen LogP contribution in [0, 0.1) is 5.41 Å². The van der Waals surface area contributed by atoms with Crippen LogP contribution in [0.1, 0.15) is 32.6 Å². The highest BCUT2D eigenvalue weighted by atomic mass is 32.1. The Kier molecular flexibility index (Phi) is 3.03. The maximum absolute atomic E-state index is 12.3. The highest BCUT2D eigenvalue weighted by Crippen LogP contribution is 2.37. The fourth-order valence-electron chi connectivity index (χ4n) is 2.41. The van der Waals surface area contributed by atoms with E-state index in [-0.39, 0.29) is 16.9 Å². The first-order chi connectivity index (χ1) is 7.98. The van der Waals surface area contributed by atoms with Crippen molar-refractivity contribution >= 4 is 29.1 Å². The molecule has 2 aliphatic rings. The van der Waals surface area contributed by atoms with Gasteiger partial charge in [0, 0.05) is 7.05 Å². The van der Waals surface area contributed by atoms with Crippen LogP contribution < -0.4 is 5.32 Å². The Bertz CT molecular complexity index is 430. The van der Waals surface area contributed by atoms with Gasteiger partial charge in [-0.3, -0.25) is 14.5 Å². The predicted octanol–water partition coefficient (Wildman–Crippen LogP) is 1.37. The summed E-state index contributed by atoms with van der Waals surface area (Å²) in [6, 6.07) is 0. The van der Waals surface area contributed by atoms with Gasteiger partial charge in [0.25, 0.3) is 0 Å². The van der Waals surface area contributed by atoms with Crippen LogP contribution in [0.2, 0.25) is 0 Å². The zero-order valence-electron chi connectivity index (χ0n) is 10.1. The second-order valence-corrected chi connectivity index (χ2v) is 5.11. The summed E-state index contributed by atoms with van der Waals surface area (Å²) < 4.78 is 0. The molecule has 5 heteroatoms. The molecule has 1 saturated heterocycles. The van der Waals surface area contributed by atoms with Crippen LogP contribution in [0.3, 0.4) is 0 Å². The van der Waals surface area contributed by atoms with Crippen molar-refractivity contribution in [3.63, 3.8) is 0 Å². The lowest BCUT2D eigenvalue weighted by molar-refractivity contribution is -0.145. The quantitative estimate of drug-likeness (QED) is 0.435. The Morgan fingerprint density at radius 1 is 1.41 bits per heavy atom. The zero-order chi connectivity index (χ0) is 12.6. The van der Waals surface area contributed by atoms with Crippen molar-refractivity contribution in [2.45, 2.75) is 32.6 Å². The van der Waals surface area contributed by atoms with Gasteiger partial charge in [-0.2, -0.15) is 0 Å². The molecule has 0 bridgehead atoms. The number of nitrogens with zero attached hydrogens (tertiary/aromatic N) is 1. The second-order valence-electron chi connectivity index (χ2n) is 4.72. The van der Waals surface area contributed by atoms with E-state index in [1.165, 1.54) is 4.90 Å². The van der Waals surface area contributed by atoms with Gasteiger partial charge in [-0.25, -0.2) is 0 Å². The standard InChI is InChI=1S/C12H16N2O2S/c1-12(8-6-4-3-5-7-8)9(15)13-11(17)14(2)10(12)16/h6H,3-5,7H2,1-2H3,(H,13,15,17)/t12-/m0/s1. The van der Waals surface area contributed by atoms with Crippen LogP contribution in [0.25, 0.3) is 0 Å². The summed E-state index contributed by atoms with van der Waals surface area (Å²) in [7, 11) is 1.60. The first-order valence-corrected chi connectivity index (χ1v) is 6.22. The average molecular weight is 252 g/mol. The molecule has 1 atom stereocenters. The molecule has 0 radical (unpaired) electrons. The van der Waals surface area contributed by atoms with E-state index in [4.69, 9.17) is 12.2 Å². The van der Waals surface area contributed by atoms with Gasteiger partial charge >= 0.3 is 0 Å². The number of hydrogen-bond donors (Lipinski definition) is 1. The van der Waals surface area contributed by atoms with E-state index in [1.54, 1.807) is 14.0 Å². The molecule has 0 spiro atoms. The van der Waals surface area contributed by atoms with Crippen LogP contribution >= 0.6 is 12.2 Å². The van der Waals surface area contributed by atoms with Crippen molar-refractivity contribution in [2.24, 2.45) is 5.41 Å². The molecular weight excluding hydrogens is 236 g/mol.